The van der Waals surface area contributed by atoms with Gasteiger partial charge in [-0.15, -0.1) is 0 Å². The number of pyridine rings is 1. The van der Waals surface area contributed by atoms with Crippen molar-refractivity contribution in [2.45, 2.75) is 19.5 Å². The Bertz CT molecular complexity index is 697. The lowest BCUT2D eigenvalue weighted by Crippen LogP contribution is -2.36. The normalized spacial score (nSPS) is 15.0. The molecule has 1 fully saturated rings. The molecule has 0 spiro atoms. The quantitative estimate of drug-likeness (QED) is 0.830. The molecule has 25 heavy (non-hydrogen) atoms. The number of benzene rings is 1. The van der Waals surface area contributed by atoms with E-state index >= 15 is 0 Å². The summed E-state index contributed by atoms with van der Waals surface area (Å²) in [6.45, 7) is 4.87. The number of aromatic nitrogens is 1. The van der Waals surface area contributed by atoms with Crippen LogP contribution in [0.3, 0.4) is 0 Å². The molecule has 1 aliphatic rings. The van der Waals surface area contributed by atoms with E-state index in [2.05, 4.69) is 27.3 Å². The van der Waals surface area contributed by atoms with Crippen LogP contribution in [-0.2, 0) is 29.0 Å². The summed E-state index contributed by atoms with van der Waals surface area (Å²) >= 11 is 0. The topological polar surface area (TPSA) is 80.5 Å². The average molecular weight is 340 g/mol. The maximum atomic E-state index is 12.2. The van der Waals surface area contributed by atoms with Gasteiger partial charge in [0.05, 0.1) is 31.5 Å². The van der Waals surface area contributed by atoms with Crippen LogP contribution in [0.4, 0.5) is 5.69 Å². The predicted octanol–water partition coefficient (Wildman–Crippen LogP) is 1.35. The van der Waals surface area contributed by atoms with Crippen molar-refractivity contribution in [3.63, 3.8) is 0 Å². The number of nitrogen functional groups attached to an aromatic ring is 1. The highest BCUT2D eigenvalue weighted by molar-refractivity contribution is 5.78. The summed E-state index contributed by atoms with van der Waals surface area (Å²) in [4.78, 5) is 18.7. The summed E-state index contributed by atoms with van der Waals surface area (Å²) in [5.74, 6) is -0.0431. The number of carbonyl (C=O) groups excluding carboxylic acids is 1. The molecule has 0 unspecified atom stereocenters. The molecule has 0 atom stereocenters. The van der Waals surface area contributed by atoms with Crippen LogP contribution in [0.25, 0.3) is 0 Å². The van der Waals surface area contributed by atoms with Crippen LogP contribution in [-0.4, -0.2) is 42.1 Å². The Morgan fingerprint density at radius 1 is 1.16 bits per heavy atom. The van der Waals surface area contributed by atoms with E-state index in [9.17, 15) is 4.79 Å². The highest BCUT2D eigenvalue weighted by Crippen LogP contribution is 2.13. The molecule has 0 saturated carbocycles. The minimum Gasteiger partial charge on any atom is -0.397 e. The third-order valence-electron chi connectivity index (χ3n) is 4.28. The van der Waals surface area contributed by atoms with E-state index in [0.29, 0.717) is 17.9 Å². The fraction of sp³-hybridized carbons (Fsp3) is 0.368. The van der Waals surface area contributed by atoms with E-state index < -0.39 is 0 Å². The van der Waals surface area contributed by atoms with Gasteiger partial charge in [-0.05, 0) is 23.3 Å². The standard InChI is InChI=1S/C19H24N4O2/c20-17-5-6-18(21-13-17)11-19(24)22-12-15-3-1-2-4-16(15)14-23-7-9-25-10-8-23/h1-6,13H,7-12,14,20H2,(H,22,24). The zero-order valence-electron chi connectivity index (χ0n) is 14.3. The molecule has 2 heterocycles. The van der Waals surface area contributed by atoms with Crippen LogP contribution in [0.5, 0.6) is 0 Å². The van der Waals surface area contributed by atoms with E-state index in [0.717, 1.165) is 38.4 Å². The van der Waals surface area contributed by atoms with Crippen LogP contribution >= 0.6 is 0 Å². The molecule has 0 radical (unpaired) electrons. The number of anilines is 1. The Hall–Kier alpha value is -2.44. The first-order chi connectivity index (χ1) is 12.2. The SMILES string of the molecule is Nc1ccc(CC(=O)NCc2ccccc2CN2CCOCC2)nc1. The fourth-order valence-electron chi connectivity index (χ4n) is 2.85. The van der Waals surface area contributed by atoms with Gasteiger partial charge in [0, 0.05) is 31.9 Å². The average Bonchev–Trinajstić information content (AvgIpc) is 2.64. The minimum atomic E-state index is -0.0431. The van der Waals surface area contributed by atoms with Crippen LogP contribution in [0, 0.1) is 0 Å². The summed E-state index contributed by atoms with van der Waals surface area (Å²) in [7, 11) is 0. The molecule has 2 aromatic rings. The fourth-order valence-corrected chi connectivity index (χ4v) is 2.85. The Labute approximate surface area is 148 Å². The van der Waals surface area contributed by atoms with Gasteiger partial charge >= 0.3 is 0 Å². The lowest BCUT2D eigenvalue weighted by atomic mass is 10.1. The highest BCUT2D eigenvalue weighted by Gasteiger charge is 2.13. The summed E-state index contributed by atoms with van der Waals surface area (Å²) in [6.07, 6.45) is 1.83. The van der Waals surface area contributed by atoms with E-state index in [4.69, 9.17) is 10.5 Å². The van der Waals surface area contributed by atoms with Crippen molar-refractivity contribution in [3.8, 4) is 0 Å². The third kappa shape index (κ3) is 5.27. The molecule has 0 bridgehead atoms. The molecule has 3 N–H and O–H groups in total. The van der Waals surface area contributed by atoms with Crippen molar-refractivity contribution in [2.24, 2.45) is 0 Å². The minimum absolute atomic E-state index is 0.0431. The molecule has 132 valence electrons. The number of ether oxygens (including phenoxy) is 1. The van der Waals surface area contributed by atoms with Crippen molar-refractivity contribution in [2.75, 3.05) is 32.0 Å². The van der Waals surface area contributed by atoms with Gasteiger partial charge in [0.1, 0.15) is 0 Å². The Morgan fingerprint density at radius 2 is 1.92 bits per heavy atom. The van der Waals surface area contributed by atoms with Crippen LogP contribution in [0.2, 0.25) is 0 Å². The lowest BCUT2D eigenvalue weighted by Gasteiger charge is -2.27. The Kier molecular flexibility index (Phi) is 5.98. The number of morpholine rings is 1. The number of hydrogen-bond acceptors (Lipinski definition) is 5. The van der Waals surface area contributed by atoms with Crippen LogP contribution in [0.15, 0.2) is 42.6 Å². The van der Waals surface area contributed by atoms with E-state index in [1.807, 2.05) is 12.1 Å². The Balaban J connectivity index is 1.55. The van der Waals surface area contributed by atoms with Crippen molar-refractivity contribution in [3.05, 3.63) is 59.4 Å². The van der Waals surface area contributed by atoms with Gasteiger partial charge in [-0.25, -0.2) is 0 Å². The maximum absolute atomic E-state index is 12.2. The molecule has 1 amide bonds. The largest absolute Gasteiger partial charge is 0.397 e. The number of rotatable bonds is 6. The summed E-state index contributed by atoms with van der Waals surface area (Å²) < 4.78 is 5.40. The predicted molar refractivity (Wildman–Crippen MR) is 96.7 cm³/mol. The monoisotopic (exact) mass is 340 g/mol. The maximum Gasteiger partial charge on any atom is 0.226 e. The molecule has 6 nitrogen and oxygen atoms in total. The lowest BCUT2D eigenvalue weighted by molar-refractivity contribution is -0.120. The molecule has 1 saturated heterocycles. The number of nitrogens with one attached hydrogen (secondary N) is 1. The molecule has 1 aromatic heterocycles. The zero-order chi connectivity index (χ0) is 17.5. The Morgan fingerprint density at radius 3 is 2.64 bits per heavy atom. The second-order valence-corrected chi connectivity index (χ2v) is 6.19. The van der Waals surface area contributed by atoms with Gasteiger partial charge in [-0.2, -0.15) is 0 Å². The molecule has 0 aliphatic carbocycles. The van der Waals surface area contributed by atoms with E-state index in [1.54, 1.807) is 18.3 Å². The van der Waals surface area contributed by atoms with Gasteiger partial charge in [-0.1, -0.05) is 24.3 Å². The number of hydrogen-bond donors (Lipinski definition) is 2. The summed E-state index contributed by atoms with van der Waals surface area (Å²) in [5, 5.41) is 2.99. The molecule has 6 heteroatoms. The number of carbonyl (C=O) groups is 1. The smallest absolute Gasteiger partial charge is 0.226 e. The molecular weight excluding hydrogens is 316 g/mol. The zero-order valence-corrected chi connectivity index (χ0v) is 14.3. The van der Waals surface area contributed by atoms with Gasteiger partial charge < -0.3 is 15.8 Å². The second kappa shape index (κ2) is 8.60. The third-order valence-corrected chi connectivity index (χ3v) is 4.28. The van der Waals surface area contributed by atoms with Gasteiger partial charge in [0.25, 0.3) is 0 Å². The van der Waals surface area contributed by atoms with E-state index in [1.165, 1.54) is 5.56 Å². The molecule has 1 aromatic carbocycles. The van der Waals surface area contributed by atoms with E-state index in [-0.39, 0.29) is 12.3 Å². The summed E-state index contributed by atoms with van der Waals surface area (Å²) in [5.41, 5.74) is 9.32. The number of amides is 1. The highest BCUT2D eigenvalue weighted by atomic mass is 16.5. The van der Waals surface area contributed by atoms with Crippen LogP contribution < -0.4 is 11.1 Å². The van der Waals surface area contributed by atoms with Crippen molar-refractivity contribution < 1.29 is 9.53 Å². The van der Waals surface area contributed by atoms with Crippen molar-refractivity contribution in [1.29, 1.82) is 0 Å². The molecule has 1 aliphatic heterocycles. The second-order valence-electron chi connectivity index (χ2n) is 6.19. The van der Waals surface area contributed by atoms with Gasteiger partial charge in [0.15, 0.2) is 0 Å². The number of nitrogens with two attached hydrogens (primary N) is 1. The first kappa shape index (κ1) is 17.4. The van der Waals surface area contributed by atoms with Crippen molar-refractivity contribution >= 4 is 11.6 Å². The van der Waals surface area contributed by atoms with Gasteiger partial charge in [0.2, 0.25) is 5.91 Å². The molecular formula is C19H24N4O2. The molecule has 3 rings (SSSR count). The van der Waals surface area contributed by atoms with Crippen molar-refractivity contribution in [1.82, 2.24) is 15.2 Å². The summed E-state index contributed by atoms with van der Waals surface area (Å²) in [6, 6.07) is 11.8. The number of nitrogens with zero attached hydrogens (tertiary/aromatic N) is 2. The first-order valence-corrected chi connectivity index (χ1v) is 8.55. The first-order valence-electron chi connectivity index (χ1n) is 8.55. The van der Waals surface area contributed by atoms with Crippen LogP contribution in [0.1, 0.15) is 16.8 Å². The van der Waals surface area contributed by atoms with Gasteiger partial charge in [-0.3, -0.25) is 14.7 Å².